The van der Waals surface area contributed by atoms with Gasteiger partial charge in [0.05, 0.1) is 18.6 Å². The van der Waals surface area contributed by atoms with Crippen molar-refractivity contribution in [3.05, 3.63) is 29.8 Å². The first-order chi connectivity index (χ1) is 8.65. The molecule has 18 heavy (non-hydrogen) atoms. The first-order valence-corrected chi connectivity index (χ1v) is 6.47. The number of aliphatic hydroxyl groups excluding tert-OH is 1. The average Bonchev–Trinajstić information content (AvgIpc) is 2.32. The smallest absolute Gasteiger partial charge is 0.224 e. The Labute approximate surface area is 107 Å². The van der Waals surface area contributed by atoms with Gasteiger partial charge in [-0.1, -0.05) is 25.0 Å². The Morgan fingerprint density at radius 2 is 2.17 bits per heavy atom. The fourth-order valence-corrected chi connectivity index (χ4v) is 2.43. The summed E-state index contributed by atoms with van der Waals surface area (Å²) in [4.78, 5) is 11.9. The summed E-state index contributed by atoms with van der Waals surface area (Å²) in [6.45, 7) is 0. The largest absolute Gasteiger partial charge is 0.399 e. The van der Waals surface area contributed by atoms with Crippen LogP contribution in [0.5, 0.6) is 0 Å². The number of rotatable bonds is 3. The van der Waals surface area contributed by atoms with Gasteiger partial charge in [-0.3, -0.25) is 4.79 Å². The molecule has 1 aliphatic rings. The molecule has 0 saturated heterocycles. The van der Waals surface area contributed by atoms with Crippen molar-refractivity contribution in [2.75, 3.05) is 5.73 Å². The Balaban J connectivity index is 1.88. The summed E-state index contributed by atoms with van der Waals surface area (Å²) in [7, 11) is 0. The predicted octanol–water partition coefficient (Wildman–Crippen LogP) is 1.23. The van der Waals surface area contributed by atoms with E-state index in [1.807, 2.05) is 12.1 Å². The van der Waals surface area contributed by atoms with Crippen molar-refractivity contribution in [1.82, 2.24) is 5.32 Å². The van der Waals surface area contributed by atoms with Gasteiger partial charge in [-0.15, -0.1) is 0 Å². The zero-order valence-electron chi connectivity index (χ0n) is 10.4. The molecule has 0 bridgehead atoms. The summed E-state index contributed by atoms with van der Waals surface area (Å²) < 4.78 is 0. The molecule has 0 aromatic heterocycles. The number of carbonyl (C=O) groups excluding carboxylic acids is 1. The van der Waals surface area contributed by atoms with Gasteiger partial charge in [0.25, 0.3) is 0 Å². The second-order valence-corrected chi connectivity index (χ2v) is 4.95. The molecule has 1 amide bonds. The van der Waals surface area contributed by atoms with Crippen LogP contribution >= 0.6 is 0 Å². The van der Waals surface area contributed by atoms with Crippen LogP contribution in [0.3, 0.4) is 0 Å². The van der Waals surface area contributed by atoms with E-state index in [-0.39, 0.29) is 11.9 Å². The van der Waals surface area contributed by atoms with Crippen molar-refractivity contribution >= 4 is 11.6 Å². The Kier molecular flexibility index (Phi) is 4.20. The van der Waals surface area contributed by atoms with Crippen LogP contribution in [0.1, 0.15) is 31.2 Å². The van der Waals surface area contributed by atoms with E-state index < -0.39 is 6.10 Å². The minimum Gasteiger partial charge on any atom is -0.399 e. The fourth-order valence-electron chi connectivity index (χ4n) is 2.43. The van der Waals surface area contributed by atoms with Crippen LogP contribution in [0.4, 0.5) is 5.69 Å². The van der Waals surface area contributed by atoms with Crippen molar-refractivity contribution in [1.29, 1.82) is 0 Å². The van der Waals surface area contributed by atoms with E-state index in [9.17, 15) is 9.90 Å². The van der Waals surface area contributed by atoms with Crippen LogP contribution in [0.25, 0.3) is 0 Å². The minimum absolute atomic E-state index is 0.0495. The summed E-state index contributed by atoms with van der Waals surface area (Å²) in [5, 5.41) is 12.7. The number of benzene rings is 1. The van der Waals surface area contributed by atoms with Crippen molar-refractivity contribution in [3.8, 4) is 0 Å². The lowest BCUT2D eigenvalue weighted by molar-refractivity contribution is -0.122. The third-order valence-electron chi connectivity index (χ3n) is 3.39. The minimum atomic E-state index is -0.399. The summed E-state index contributed by atoms with van der Waals surface area (Å²) in [6, 6.07) is 7.23. The number of aliphatic hydroxyl groups is 1. The summed E-state index contributed by atoms with van der Waals surface area (Å²) >= 11 is 0. The molecule has 4 heteroatoms. The summed E-state index contributed by atoms with van der Waals surface area (Å²) in [6.07, 6.45) is 3.67. The first-order valence-electron chi connectivity index (χ1n) is 6.47. The van der Waals surface area contributed by atoms with E-state index in [4.69, 9.17) is 5.73 Å². The number of anilines is 1. The number of nitrogen functional groups attached to an aromatic ring is 1. The van der Waals surface area contributed by atoms with Gasteiger partial charge in [0.2, 0.25) is 5.91 Å². The lowest BCUT2D eigenvalue weighted by Crippen LogP contribution is -2.45. The highest BCUT2D eigenvalue weighted by Crippen LogP contribution is 2.18. The molecule has 0 spiro atoms. The monoisotopic (exact) mass is 248 g/mol. The number of hydrogen-bond donors (Lipinski definition) is 3. The average molecular weight is 248 g/mol. The van der Waals surface area contributed by atoms with Gasteiger partial charge in [-0.2, -0.15) is 0 Å². The zero-order valence-corrected chi connectivity index (χ0v) is 10.4. The van der Waals surface area contributed by atoms with Crippen molar-refractivity contribution in [3.63, 3.8) is 0 Å². The van der Waals surface area contributed by atoms with Gasteiger partial charge in [-0.25, -0.2) is 0 Å². The number of nitrogens with one attached hydrogen (secondary N) is 1. The van der Waals surface area contributed by atoms with E-state index in [0.717, 1.165) is 31.2 Å². The molecule has 2 atom stereocenters. The molecule has 1 aliphatic carbocycles. The topological polar surface area (TPSA) is 75.4 Å². The Morgan fingerprint density at radius 3 is 2.89 bits per heavy atom. The predicted molar refractivity (Wildman–Crippen MR) is 71.0 cm³/mol. The second kappa shape index (κ2) is 5.87. The molecule has 0 heterocycles. The highest BCUT2D eigenvalue weighted by Gasteiger charge is 2.24. The van der Waals surface area contributed by atoms with Gasteiger partial charge in [0.1, 0.15) is 0 Å². The normalized spacial score (nSPS) is 23.6. The highest BCUT2D eigenvalue weighted by atomic mass is 16.3. The van der Waals surface area contributed by atoms with Crippen LogP contribution in [-0.4, -0.2) is 23.2 Å². The maximum absolute atomic E-state index is 11.9. The quantitative estimate of drug-likeness (QED) is 0.704. The van der Waals surface area contributed by atoms with Crippen LogP contribution in [0, 0.1) is 0 Å². The molecular formula is C14H20N2O2. The number of carbonyl (C=O) groups is 1. The Hall–Kier alpha value is -1.55. The number of amides is 1. The van der Waals surface area contributed by atoms with Crippen LogP contribution < -0.4 is 11.1 Å². The van der Waals surface area contributed by atoms with E-state index in [1.54, 1.807) is 12.1 Å². The van der Waals surface area contributed by atoms with Crippen molar-refractivity contribution < 1.29 is 9.90 Å². The third-order valence-corrected chi connectivity index (χ3v) is 3.39. The highest BCUT2D eigenvalue weighted by molar-refractivity contribution is 5.79. The van der Waals surface area contributed by atoms with E-state index >= 15 is 0 Å². The van der Waals surface area contributed by atoms with Crippen molar-refractivity contribution in [2.45, 2.75) is 44.2 Å². The van der Waals surface area contributed by atoms with Crippen LogP contribution in [0.15, 0.2) is 24.3 Å². The lowest BCUT2D eigenvalue weighted by atomic mass is 9.92. The SMILES string of the molecule is Nc1cccc(CC(=O)N[C@@H]2CCCC[C@H]2O)c1. The maximum atomic E-state index is 11.9. The molecule has 4 nitrogen and oxygen atoms in total. The standard InChI is InChI=1S/C14H20N2O2/c15-11-5-3-4-10(8-11)9-14(18)16-12-6-1-2-7-13(12)17/h3-5,8,12-13,17H,1-2,6-7,9,15H2,(H,16,18)/t12-,13-/m1/s1. The molecule has 1 aromatic rings. The zero-order chi connectivity index (χ0) is 13.0. The van der Waals surface area contributed by atoms with Gasteiger partial charge >= 0.3 is 0 Å². The molecule has 4 N–H and O–H groups in total. The molecule has 1 fully saturated rings. The van der Waals surface area contributed by atoms with Gasteiger partial charge in [0, 0.05) is 5.69 Å². The van der Waals surface area contributed by atoms with Crippen LogP contribution in [0.2, 0.25) is 0 Å². The van der Waals surface area contributed by atoms with E-state index in [1.165, 1.54) is 0 Å². The Morgan fingerprint density at radius 1 is 1.39 bits per heavy atom. The number of hydrogen-bond acceptors (Lipinski definition) is 3. The first kappa shape index (κ1) is 12.9. The van der Waals surface area contributed by atoms with E-state index in [2.05, 4.69) is 5.32 Å². The van der Waals surface area contributed by atoms with Crippen molar-refractivity contribution in [2.24, 2.45) is 0 Å². The molecule has 0 unspecified atom stereocenters. The maximum Gasteiger partial charge on any atom is 0.224 e. The molecule has 1 aromatic carbocycles. The van der Waals surface area contributed by atoms with E-state index in [0.29, 0.717) is 12.1 Å². The molecular weight excluding hydrogens is 228 g/mol. The molecule has 0 aliphatic heterocycles. The molecule has 2 rings (SSSR count). The molecule has 1 saturated carbocycles. The second-order valence-electron chi connectivity index (χ2n) is 4.95. The fraction of sp³-hybridized carbons (Fsp3) is 0.500. The Bertz CT molecular complexity index is 420. The molecule has 98 valence electrons. The number of nitrogens with two attached hydrogens (primary N) is 1. The van der Waals surface area contributed by atoms with Gasteiger partial charge in [0.15, 0.2) is 0 Å². The summed E-state index contributed by atoms with van der Waals surface area (Å²) in [5.41, 5.74) is 7.23. The van der Waals surface area contributed by atoms with Crippen LogP contribution in [-0.2, 0) is 11.2 Å². The third kappa shape index (κ3) is 3.47. The van der Waals surface area contributed by atoms with Gasteiger partial charge in [-0.05, 0) is 30.5 Å². The van der Waals surface area contributed by atoms with Gasteiger partial charge < -0.3 is 16.2 Å². The summed E-state index contributed by atoms with van der Waals surface area (Å²) in [5.74, 6) is -0.0495. The lowest BCUT2D eigenvalue weighted by Gasteiger charge is -2.28. The molecule has 0 radical (unpaired) electrons.